The summed E-state index contributed by atoms with van der Waals surface area (Å²) in [4.78, 5) is 17.3. The van der Waals surface area contributed by atoms with Crippen LogP contribution in [0.1, 0.15) is 41.0 Å². The van der Waals surface area contributed by atoms with Gasteiger partial charge in [-0.25, -0.2) is 4.98 Å². The van der Waals surface area contributed by atoms with E-state index < -0.39 is 0 Å². The molecule has 0 radical (unpaired) electrons. The van der Waals surface area contributed by atoms with Crippen molar-refractivity contribution in [1.82, 2.24) is 14.9 Å². The first-order chi connectivity index (χ1) is 17.2. The Labute approximate surface area is 206 Å². The monoisotopic (exact) mass is 471 g/mol. The first-order valence-electron chi connectivity index (χ1n) is 12.2. The third kappa shape index (κ3) is 6.41. The van der Waals surface area contributed by atoms with Crippen molar-refractivity contribution < 1.29 is 14.3 Å². The van der Waals surface area contributed by atoms with Gasteiger partial charge in [-0.15, -0.1) is 0 Å². The molecule has 35 heavy (non-hydrogen) atoms. The molecule has 0 saturated heterocycles. The number of unbranched alkanes of at least 4 members (excludes halogenated alkanes) is 1. The molecule has 182 valence electrons. The number of aryl methyl sites for hydroxylation is 3. The van der Waals surface area contributed by atoms with Gasteiger partial charge in [0.25, 0.3) is 5.91 Å². The summed E-state index contributed by atoms with van der Waals surface area (Å²) < 4.78 is 13.5. The van der Waals surface area contributed by atoms with Crippen molar-refractivity contribution in [1.29, 1.82) is 0 Å². The van der Waals surface area contributed by atoms with Gasteiger partial charge < -0.3 is 19.4 Å². The number of imidazole rings is 1. The van der Waals surface area contributed by atoms with Crippen molar-refractivity contribution in [2.75, 3.05) is 20.3 Å². The summed E-state index contributed by atoms with van der Waals surface area (Å²) in [5.74, 6) is 2.60. The number of hydrogen-bond donors (Lipinski definition) is 1. The van der Waals surface area contributed by atoms with E-state index in [2.05, 4.69) is 41.1 Å². The summed E-state index contributed by atoms with van der Waals surface area (Å²) in [6.45, 7) is 4.24. The lowest BCUT2D eigenvalue weighted by atomic mass is 10.2. The van der Waals surface area contributed by atoms with Crippen molar-refractivity contribution in [3.63, 3.8) is 0 Å². The number of ether oxygens (including phenoxy) is 2. The summed E-state index contributed by atoms with van der Waals surface area (Å²) in [6.07, 6.45) is 3.59. The molecule has 6 heteroatoms. The zero-order chi connectivity index (χ0) is 24.5. The second kappa shape index (κ2) is 12.1. The maximum Gasteiger partial charge on any atom is 0.251 e. The van der Waals surface area contributed by atoms with Crippen LogP contribution in [0.4, 0.5) is 0 Å². The van der Waals surface area contributed by atoms with E-state index in [-0.39, 0.29) is 5.91 Å². The van der Waals surface area contributed by atoms with E-state index in [0.29, 0.717) is 24.5 Å². The maximum absolute atomic E-state index is 12.5. The SMILES string of the molecule is COc1cccc(C(=O)NCCCc2nc3ccccc3n2CCCCOc2ccccc2C)c1. The van der Waals surface area contributed by atoms with Crippen molar-refractivity contribution in [3.05, 3.63) is 89.7 Å². The number of aromatic nitrogens is 2. The van der Waals surface area contributed by atoms with Crippen LogP contribution in [0.25, 0.3) is 11.0 Å². The smallest absolute Gasteiger partial charge is 0.251 e. The lowest BCUT2D eigenvalue weighted by Gasteiger charge is -2.11. The number of nitrogens with one attached hydrogen (secondary N) is 1. The van der Waals surface area contributed by atoms with Gasteiger partial charge >= 0.3 is 0 Å². The largest absolute Gasteiger partial charge is 0.497 e. The molecule has 0 saturated carbocycles. The number of carbonyl (C=O) groups is 1. The van der Waals surface area contributed by atoms with Crippen molar-refractivity contribution in [3.8, 4) is 11.5 Å². The third-order valence-corrected chi connectivity index (χ3v) is 6.06. The molecule has 1 N–H and O–H groups in total. The van der Waals surface area contributed by atoms with E-state index in [4.69, 9.17) is 14.5 Å². The zero-order valence-electron chi connectivity index (χ0n) is 20.5. The summed E-state index contributed by atoms with van der Waals surface area (Å²) in [7, 11) is 1.60. The number of para-hydroxylation sites is 3. The molecular weight excluding hydrogens is 438 g/mol. The third-order valence-electron chi connectivity index (χ3n) is 6.06. The van der Waals surface area contributed by atoms with Crippen LogP contribution in [-0.2, 0) is 13.0 Å². The first-order valence-corrected chi connectivity index (χ1v) is 12.2. The van der Waals surface area contributed by atoms with Crippen molar-refractivity contribution in [2.24, 2.45) is 0 Å². The molecule has 4 rings (SSSR count). The highest BCUT2D eigenvalue weighted by Crippen LogP contribution is 2.19. The number of fused-ring (bicyclic) bond motifs is 1. The molecule has 4 aromatic rings. The molecule has 0 bridgehead atoms. The quantitative estimate of drug-likeness (QED) is 0.274. The van der Waals surface area contributed by atoms with Crippen LogP contribution < -0.4 is 14.8 Å². The fraction of sp³-hybridized carbons (Fsp3) is 0.310. The molecule has 0 aliphatic rings. The number of hydrogen-bond acceptors (Lipinski definition) is 4. The Bertz CT molecular complexity index is 1270. The lowest BCUT2D eigenvalue weighted by molar-refractivity contribution is 0.0952. The normalized spacial score (nSPS) is 10.9. The van der Waals surface area contributed by atoms with E-state index in [1.807, 2.05) is 36.4 Å². The van der Waals surface area contributed by atoms with E-state index in [1.165, 1.54) is 0 Å². The van der Waals surface area contributed by atoms with Crippen LogP contribution in [0.2, 0.25) is 0 Å². The zero-order valence-corrected chi connectivity index (χ0v) is 20.5. The van der Waals surface area contributed by atoms with Gasteiger partial charge in [-0.2, -0.15) is 0 Å². The molecule has 3 aromatic carbocycles. The topological polar surface area (TPSA) is 65.4 Å². The summed E-state index contributed by atoms with van der Waals surface area (Å²) >= 11 is 0. The average molecular weight is 472 g/mol. The minimum absolute atomic E-state index is 0.0916. The second-order valence-electron chi connectivity index (χ2n) is 8.58. The molecule has 6 nitrogen and oxygen atoms in total. The number of amides is 1. The second-order valence-corrected chi connectivity index (χ2v) is 8.58. The molecule has 0 unspecified atom stereocenters. The number of carbonyl (C=O) groups excluding carboxylic acids is 1. The van der Waals surface area contributed by atoms with Crippen LogP contribution in [0.3, 0.4) is 0 Å². The Morgan fingerprint density at radius 2 is 1.80 bits per heavy atom. The molecular formula is C29H33N3O3. The van der Waals surface area contributed by atoms with E-state index in [1.54, 1.807) is 19.2 Å². The van der Waals surface area contributed by atoms with Crippen molar-refractivity contribution >= 4 is 16.9 Å². The van der Waals surface area contributed by atoms with Crippen LogP contribution in [0.15, 0.2) is 72.8 Å². The van der Waals surface area contributed by atoms with Crippen LogP contribution >= 0.6 is 0 Å². The molecule has 0 aliphatic heterocycles. The number of rotatable bonds is 12. The molecule has 0 aliphatic carbocycles. The van der Waals surface area contributed by atoms with E-state index in [0.717, 1.165) is 60.4 Å². The molecule has 0 atom stereocenters. The maximum atomic E-state index is 12.5. The van der Waals surface area contributed by atoms with Gasteiger partial charge in [0, 0.05) is 25.1 Å². The minimum atomic E-state index is -0.0916. The van der Waals surface area contributed by atoms with Gasteiger partial charge in [-0.05, 0) is 68.1 Å². The predicted octanol–water partition coefficient (Wildman–Crippen LogP) is 5.58. The highest BCUT2D eigenvalue weighted by atomic mass is 16.5. The number of benzene rings is 3. The first kappa shape index (κ1) is 24.3. The molecule has 1 amide bonds. The van der Waals surface area contributed by atoms with Gasteiger partial charge in [0.15, 0.2) is 0 Å². The van der Waals surface area contributed by atoms with Crippen LogP contribution in [0.5, 0.6) is 11.5 Å². The number of methoxy groups -OCH3 is 1. The highest BCUT2D eigenvalue weighted by molar-refractivity contribution is 5.94. The van der Waals surface area contributed by atoms with Gasteiger partial charge in [0.05, 0.1) is 24.8 Å². The van der Waals surface area contributed by atoms with E-state index >= 15 is 0 Å². The van der Waals surface area contributed by atoms with Crippen LogP contribution in [-0.4, -0.2) is 35.7 Å². The summed E-state index contributed by atoms with van der Waals surface area (Å²) in [6, 6.07) is 23.6. The lowest BCUT2D eigenvalue weighted by Crippen LogP contribution is -2.25. The van der Waals surface area contributed by atoms with Gasteiger partial charge in [-0.3, -0.25) is 4.79 Å². The Morgan fingerprint density at radius 1 is 0.971 bits per heavy atom. The minimum Gasteiger partial charge on any atom is -0.497 e. The predicted molar refractivity (Wildman–Crippen MR) is 139 cm³/mol. The Morgan fingerprint density at radius 3 is 2.66 bits per heavy atom. The van der Waals surface area contributed by atoms with E-state index in [9.17, 15) is 4.79 Å². The Kier molecular flexibility index (Phi) is 8.39. The fourth-order valence-corrected chi connectivity index (χ4v) is 4.15. The molecule has 0 fully saturated rings. The average Bonchev–Trinajstić information content (AvgIpc) is 3.24. The summed E-state index contributed by atoms with van der Waals surface area (Å²) in [5.41, 5.74) is 3.93. The number of nitrogens with zero attached hydrogens (tertiary/aromatic N) is 2. The van der Waals surface area contributed by atoms with Crippen LogP contribution in [0, 0.1) is 6.92 Å². The highest BCUT2D eigenvalue weighted by Gasteiger charge is 2.11. The van der Waals surface area contributed by atoms with Gasteiger partial charge in [-0.1, -0.05) is 36.4 Å². The fourth-order valence-electron chi connectivity index (χ4n) is 4.15. The summed E-state index contributed by atoms with van der Waals surface area (Å²) in [5, 5.41) is 3.01. The Hall–Kier alpha value is -3.80. The van der Waals surface area contributed by atoms with Gasteiger partial charge in [0.2, 0.25) is 0 Å². The Balaban J connectivity index is 1.29. The van der Waals surface area contributed by atoms with Crippen molar-refractivity contribution in [2.45, 2.75) is 39.2 Å². The standard InChI is InChI=1S/C29H33N3O3/c1-22-11-3-6-16-27(22)35-20-8-7-19-32-26-15-5-4-14-25(26)31-28(32)17-10-18-30-29(33)23-12-9-13-24(21-23)34-2/h3-6,9,11-16,21H,7-8,10,17-20H2,1-2H3,(H,30,33). The molecule has 1 heterocycles. The van der Waals surface area contributed by atoms with Gasteiger partial charge in [0.1, 0.15) is 17.3 Å². The molecule has 1 aromatic heterocycles. The molecule has 0 spiro atoms.